The highest BCUT2D eigenvalue weighted by atomic mass is 16.5. The van der Waals surface area contributed by atoms with Crippen LogP contribution >= 0.6 is 0 Å². The van der Waals surface area contributed by atoms with Crippen LogP contribution in [-0.2, 0) is 13.0 Å². The van der Waals surface area contributed by atoms with Crippen molar-refractivity contribution in [3.63, 3.8) is 0 Å². The first-order valence-electron chi connectivity index (χ1n) is 5.99. The highest BCUT2D eigenvalue weighted by Crippen LogP contribution is 2.18. The maximum absolute atomic E-state index is 5.82. The molecule has 0 spiro atoms. The van der Waals surface area contributed by atoms with Gasteiger partial charge in [-0.3, -0.25) is 0 Å². The molecule has 1 heterocycles. The molecule has 96 valence electrons. The van der Waals surface area contributed by atoms with Gasteiger partial charge in [0.05, 0.1) is 0 Å². The smallest absolute Gasteiger partial charge is 0.226 e. The van der Waals surface area contributed by atoms with Crippen LogP contribution in [0.15, 0.2) is 28.8 Å². The Morgan fingerprint density at radius 2 is 2.28 bits per heavy atom. The summed E-state index contributed by atoms with van der Waals surface area (Å²) in [7, 11) is 0. The highest BCUT2D eigenvalue weighted by molar-refractivity contribution is 5.30. The molecule has 18 heavy (non-hydrogen) atoms. The summed E-state index contributed by atoms with van der Waals surface area (Å²) in [6.07, 6.45) is 0.729. The van der Waals surface area contributed by atoms with Gasteiger partial charge in [-0.05, 0) is 24.6 Å². The number of benzene rings is 1. The van der Waals surface area contributed by atoms with Gasteiger partial charge >= 0.3 is 0 Å². The Hall–Kier alpha value is -1.88. The maximum Gasteiger partial charge on any atom is 0.226 e. The number of aromatic nitrogens is 2. The number of aryl methyl sites for hydroxylation is 1. The molecule has 1 unspecified atom stereocenters. The highest BCUT2D eigenvalue weighted by Gasteiger charge is 2.06. The number of rotatable bonds is 5. The zero-order chi connectivity index (χ0) is 13.0. The number of nitrogens with zero attached hydrogens (tertiary/aromatic N) is 2. The largest absolute Gasteiger partial charge is 0.485 e. The standard InChI is InChI=1S/C13H17N3O2/c1-3-13-15-12(16-18-13)8-17-11-6-4-5-10(7-11)9(2)14/h4-7,9H,3,8,14H2,1-2H3. The summed E-state index contributed by atoms with van der Waals surface area (Å²) >= 11 is 0. The van der Waals surface area contributed by atoms with Crippen molar-refractivity contribution < 1.29 is 9.26 Å². The fourth-order valence-corrected chi connectivity index (χ4v) is 1.53. The molecule has 5 heteroatoms. The molecule has 0 radical (unpaired) electrons. The Morgan fingerprint density at radius 3 is 2.94 bits per heavy atom. The van der Waals surface area contributed by atoms with E-state index in [2.05, 4.69) is 10.1 Å². The predicted octanol–water partition coefficient (Wildman–Crippen LogP) is 2.23. The lowest BCUT2D eigenvalue weighted by atomic mass is 10.1. The summed E-state index contributed by atoms with van der Waals surface area (Å²) in [5.41, 5.74) is 6.85. The number of ether oxygens (including phenoxy) is 1. The van der Waals surface area contributed by atoms with Crippen molar-refractivity contribution in [3.8, 4) is 5.75 Å². The van der Waals surface area contributed by atoms with Crippen LogP contribution in [0.5, 0.6) is 5.75 Å². The lowest BCUT2D eigenvalue weighted by Crippen LogP contribution is -2.05. The van der Waals surface area contributed by atoms with Crippen molar-refractivity contribution in [1.29, 1.82) is 0 Å². The summed E-state index contributed by atoms with van der Waals surface area (Å²) in [6, 6.07) is 7.69. The molecule has 5 nitrogen and oxygen atoms in total. The van der Waals surface area contributed by atoms with Crippen LogP contribution < -0.4 is 10.5 Å². The topological polar surface area (TPSA) is 74.2 Å². The molecule has 0 saturated heterocycles. The summed E-state index contributed by atoms with van der Waals surface area (Å²) in [4.78, 5) is 4.17. The third kappa shape index (κ3) is 3.07. The average molecular weight is 247 g/mol. The van der Waals surface area contributed by atoms with E-state index in [0.29, 0.717) is 18.3 Å². The maximum atomic E-state index is 5.82. The zero-order valence-corrected chi connectivity index (χ0v) is 10.6. The van der Waals surface area contributed by atoms with E-state index in [1.807, 2.05) is 38.1 Å². The van der Waals surface area contributed by atoms with Gasteiger partial charge in [0.2, 0.25) is 11.7 Å². The van der Waals surface area contributed by atoms with Crippen molar-refractivity contribution in [2.24, 2.45) is 5.73 Å². The van der Waals surface area contributed by atoms with Crippen molar-refractivity contribution in [2.45, 2.75) is 32.9 Å². The second-order valence-corrected chi connectivity index (χ2v) is 4.11. The van der Waals surface area contributed by atoms with Gasteiger partial charge in [0.25, 0.3) is 0 Å². The van der Waals surface area contributed by atoms with Gasteiger partial charge < -0.3 is 15.0 Å². The second-order valence-electron chi connectivity index (χ2n) is 4.11. The second kappa shape index (κ2) is 5.64. The first kappa shape index (κ1) is 12.6. The first-order valence-corrected chi connectivity index (χ1v) is 5.99. The molecule has 0 saturated carbocycles. The molecule has 0 aliphatic heterocycles. The third-order valence-corrected chi connectivity index (χ3v) is 2.56. The van der Waals surface area contributed by atoms with Crippen molar-refractivity contribution in [2.75, 3.05) is 0 Å². The number of hydrogen-bond acceptors (Lipinski definition) is 5. The zero-order valence-electron chi connectivity index (χ0n) is 10.6. The molecule has 1 aromatic heterocycles. The molecule has 2 N–H and O–H groups in total. The van der Waals surface area contributed by atoms with Crippen molar-refractivity contribution in [1.82, 2.24) is 10.1 Å². The van der Waals surface area contributed by atoms with E-state index < -0.39 is 0 Å². The van der Waals surface area contributed by atoms with Crippen LogP contribution in [0.1, 0.15) is 37.2 Å². The van der Waals surface area contributed by atoms with E-state index >= 15 is 0 Å². The Bertz CT molecular complexity index is 508. The Balaban J connectivity index is 1.99. The molecular weight excluding hydrogens is 230 g/mol. The van der Waals surface area contributed by atoms with E-state index in [-0.39, 0.29) is 6.04 Å². The van der Waals surface area contributed by atoms with Crippen LogP contribution in [0.4, 0.5) is 0 Å². The summed E-state index contributed by atoms with van der Waals surface area (Å²) in [5, 5.41) is 3.82. The van der Waals surface area contributed by atoms with Gasteiger partial charge in [-0.25, -0.2) is 0 Å². The first-order chi connectivity index (χ1) is 8.69. The lowest BCUT2D eigenvalue weighted by molar-refractivity contribution is 0.285. The lowest BCUT2D eigenvalue weighted by Gasteiger charge is -2.08. The molecular formula is C13H17N3O2. The number of nitrogens with two attached hydrogens (primary N) is 1. The molecule has 0 bridgehead atoms. The average Bonchev–Trinajstić information content (AvgIpc) is 2.84. The fraction of sp³-hybridized carbons (Fsp3) is 0.385. The van der Waals surface area contributed by atoms with Crippen molar-refractivity contribution in [3.05, 3.63) is 41.5 Å². The molecule has 2 rings (SSSR count). The summed E-state index contributed by atoms with van der Waals surface area (Å²) < 4.78 is 10.6. The number of hydrogen-bond donors (Lipinski definition) is 1. The van der Waals surface area contributed by atoms with E-state index in [1.165, 1.54) is 0 Å². The third-order valence-electron chi connectivity index (χ3n) is 2.56. The van der Waals surface area contributed by atoms with Crippen LogP contribution in [0.3, 0.4) is 0 Å². The molecule has 0 aliphatic rings. The molecule has 2 aromatic rings. The van der Waals surface area contributed by atoms with Crippen LogP contribution in [0.25, 0.3) is 0 Å². The normalized spacial score (nSPS) is 12.4. The Labute approximate surface area is 106 Å². The van der Waals surface area contributed by atoms with Gasteiger partial charge in [-0.15, -0.1) is 0 Å². The van der Waals surface area contributed by atoms with Gasteiger partial charge in [0.1, 0.15) is 5.75 Å². The monoisotopic (exact) mass is 247 g/mol. The molecule has 0 aliphatic carbocycles. The minimum absolute atomic E-state index is 0.00887. The Morgan fingerprint density at radius 1 is 1.44 bits per heavy atom. The SMILES string of the molecule is CCc1nc(COc2cccc(C(C)N)c2)no1. The molecule has 0 amide bonds. The minimum atomic E-state index is -0.00887. The van der Waals surface area contributed by atoms with Crippen LogP contribution in [-0.4, -0.2) is 10.1 Å². The van der Waals surface area contributed by atoms with Crippen LogP contribution in [0.2, 0.25) is 0 Å². The summed E-state index contributed by atoms with van der Waals surface area (Å²) in [6.45, 7) is 4.20. The summed E-state index contributed by atoms with van der Waals surface area (Å²) in [5.74, 6) is 1.93. The van der Waals surface area contributed by atoms with Gasteiger partial charge in [0.15, 0.2) is 6.61 Å². The van der Waals surface area contributed by atoms with E-state index in [4.69, 9.17) is 15.0 Å². The van der Waals surface area contributed by atoms with E-state index in [1.54, 1.807) is 0 Å². The predicted molar refractivity (Wildman–Crippen MR) is 67.1 cm³/mol. The van der Waals surface area contributed by atoms with E-state index in [0.717, 1.165) is 17.7 Å². The van der Waals surface area contributed by atoms with Gasteiger partial charge in [-0.1, -0.05) is 24.2 Å². The van der Waals surface area contributed by atoms with E-state index in [9.17, 15) is 0 Å². The quantitative estimate of drug-likeness (QED) is 0.877. The molecule has 1 atom stereocenters. The van der Waals surface area contributed by atoms with Crippen LogP contribution in [0, 0.1) is 0 Å². The fourth-order valence-electron chi connectivity index (χ4n) is 1.53. The van der Waals surface area contributed by atoms with Gasteiger partial charge in [-0.2, -0.15) is 4.98 Å². The molecule has 0 fully saturated rings. The van der Waals surface area contributed by atoms with Crippen molar-refractivity contribution >= 4 is 0 Å². The minimum Gasteiger partial charge on any atom is -0.485 e. The molecule has 1 aromatic carbocycles. The van der Waals surface area contributed by atoms with Gasteiger partial charge in [0, 0.05) is 12.5 Å². The Kier molecular flexibility index (Phi) is 3.94.